The molecule has 4 atom stereocenters. The second-order valence-electron chi connectivity index (χ2n) is 7.54. The molecule has 3 aliphatic heterocycles. The van der Waals surface area contributed by atoms with Crippen molar-refractivity contribution in [2.45, 2.75) is 60.8 Å². The predicted molar refractivity (Wildman–Crippen MR) is 95.8 cm³/mol. The summed E-state index contributed by atoms with van der Waals surface area (Å²) in [5, 5.41) is 0.571. The average molecular weight is 341 g/mol. The first-order valence-corrected chi connectivity index (χ1v) is 10.2. The minimum absolute atomic E-state index is 0.107. The van der Waals surface area contributed by atoms with E-state index in [1.165, 1.54) is 36.9 Å². The number of benzene rings is 1. The molecule has 4 aliphatic rings. The average Bonchev–Trinajstić information content (AvgIpc) is 3.09. The Kier molecular flexibility index (Phi) is 3.53. The van der Waals surface area contributed by atoms with Crippen LogP contribution in [0.4, 0.5) is 0 Å². The van der Waals surface area contributed by atoms with Crippen molar-refractivity contribution in [1.29, 1.82) is 0 Å². The number of esters is 1. The van der Waals surface area contributed by atoms with E-state index in [0.29, 0.717) is 17.3 Å². The molecule has 2 bridgehead atoms. The number of carbonyl (C=O) groups excluding carboxylic acids is 1. The van der Waals surface area contributed by atoms with Crippen molar-refractivity contribution in [2.75, 3.05) is 6.54 Å². The summed E-state index contributed by atoms with van der Waals surface area (Å²) in [5.41, 5.74) is 2.40. The molecule has 2 saturated heterocycles. The molecule has 3 fully saturated rings. The van der Waals surface area contributed by atoms with Crippen molar-refractivity contribution in [3.8, 4) is 0 Å². The van der Waals surface area contributed by atoms with Gasteiger partial charge in [0.2, 0.25) is 0 Å². The molecular weight excluding hydrogens is 318 g/mol. The van der Waals surface area contributed by atoms with E-state index in [2.05, 4.69) is 47.0 Å². The van der Waals surface area contributed by atoms with Crippen LogP contribution in [0.25, 0.3) is 0 Å². The normalized spacial score (nSPS) is 37.6. The molecule has 1 spiro atoms. The Bertz CT molecular complexity index is 688. The summed E-state index contributed by atoms with van der Waals surface area (Å²) in [6.45, 7) is 1.17. The smallest absolute Gasteiger partial charge is 0.331 e. The second kappa shape index (κ2) is 5.63. The van der Waals surface area contributed by atoms with Gasteiger partial charge >= 0.3 is 5.97 Å². The van der Waals surface area contributed by atoms with Gasteiger partial charge in [-0.3, -0.25) is 4.90 Å². The molecule has 5 rings (SSSR count). The van der Waals surface area contributed by atoms with Crippen LogP contribution < -0.4 is 0 Å². The molecule has 24 heavy (non-hydrogen) atoms. The zero-order valence-corrected chi connectivity index (χ0v) is 14.6. The SMILES string of the molecule is O=C1C=C2CC(SCc3ccccc3)[C@@H]3C[C@@]2(O1)[C@H]1CCCCN31. The van der Waals surface area contributed by atoms with Gasteiger partial charge in [0.1, 0.15) is 0 Å². The van der Waals surface area contributed by atoms with Crippen molar-refractivity contribution in [3.05, 3.63) is 47.5 Å². The minimum Gasteiger partial charge on any atom is -0.450 e. The number of hydrogen-bond acceptors (Lipinski definition) is 4. The Balaban J connectivity index is 1.42. The van der Waals surface area contributed by atoms with Crippen molar-refractivity contribution in [3.63, 3.8) is 0 Å². The van der Waals surface area contributed by atoms with Gasteiger partial charge in [0, 0.05) is 29.5 Å². The highest BCUT2D eigenvalue weighted by Gasteiger charge is 2.63. The fourth-order valence-electron chi connectivity index (χ4n) is 5.29. The fourth-order valence-corrected chi connectivity index (χ4v) is 6.66. The monoisotopic (exact) mass is 341 g/mol. The molecule has 3 heterocycles. The third-order valence-electron chi connectivity index (χ3n) is 6.30. The first kappa shape index (κ1) is 15.0. The zero-order valence-electron chi connectivity index (χ0n) is 13.8. The number of fused-ring (bicyclic) bond motifs is 3. The van der Waals surface area contributed by atoms with E-state index >= 15 is 0 Å². The molecular formula is C20H23NO2S. The van der Waals surface area contributed by atoms with E-state index in [4.69, 9.17) is 4.74 Å². The quantitative estimate of drug-likeness (QED) is 0.787. The van der Waals surface area contributed by atoms with Crippen LogP contribution >= 0.6 is 11.8 Å². The Morgan fingerprint density at radius 3 is 3.00 bits per heavy atom. The third-order valence-corrected chi connectivity index (χ3v) is 7.71. The van der Waals surface area contributed by atoms with E-state index in [9.17, 15) is 4.79 Å². The summed E-state index contributed by atoms with van der Waals surface area (Å²) in [5.74, 6) is 0.945. The third kappa shape index (κ3) is 2.19. The maximum Gasteiger partial charge on any atom is 0.331 e. The van der Waals surface area contributed by atoms with E-state index < -0.39 is 0 Å². The maximum atomic E-state index is 12.0. The largest absolute Gasteiger partial charge is 0.450 e. The highest BCUT2D eigenvalue weighted by molar-refractivity contribution is 7.99. The lowest BCUT2D eigenvalue weighted by Crippen LogP contribution is -2.48. The fraction of sp³-hybridized carbons (Fsp3) is 0.550. The van der Waals surface area contributed by atoms with Gasteiger partial charge in [-0.25, -0.2) is 4.79 Å². The molecule has 126 valence electrons. The number of hydrogen-bond donors (Lipinski definition) is 0. The summed E-state index contributed by atoms with van der Waals surface area (Å²) in [6, 6.07) is 11.7. The van der Waals surface area contributed by atoms with E-state index in [-0.39, 0.29) is 11.6 Å². The van der Waals surface area contributed by atoms with Gasteiger partial charge in [0.25, 0.3) is 0 Å². The van der Waals surface area contributed by atoms with Crippen LogP contribution in [0.15, 0.2) is 42.0 Å². The van der Waals surface area contributed by atoms with Crippen LogP contribution in [-0.4, -0.2) is 40.3 Å². The lowest BCUT2D eigenvalue weighted by Gasteiger charge is -2.38. The molecule has 4 heteroatoms. The van der Waals surface area contributed by atoms with E-state index in [1.807, 2.05) is 6.08 Å². The lowest BCUT2D eigenvalue weighted by molar-refractivity contribution is -0.148. The minimum atomic E-state index is -0.272. The van der Waals surface area contributed by atoms with Crippen LogP contribution in [0.2, 0.25) is 0 Å². The van der Waals surface area contributed by atoms with Crippen LogP contribution in [0.5, 0.6) is 0 Å². The van der Waals surface area contributed by atoms with Gasteiger partial charge in [0.05, 0.1) is 6.04 Å². The van der Waals surface area contributed by atoms with Gasteiger partial charge in [0.15, 0.2) is 5.60 Å². The number of nitrogens with zero attached hydrogens (tertiary/aromatic N) is 1. The number of rotatable bonds is 3. The summed E-state index contributed by atoms with van der Waals surface area (Å²) < 4.78 is 5.94. The predicted octanol–water partition coefficient (Wildman–Crippen LogP) is 3.54. The zero-order chi connectivity index (χ0) is 16.1. The van der Waals surface area contributed by atoms with Crippen LogP contribution in [-0.2, 0) is 15.3 Å². The Hall–Kier alpha value is -1.26. The van der Waals surface area contributed by atoms with Gasteiger partial charge < -0.3 is 4.74 Å². The van der Waals surface area contributed by atoms with E-state index in [1.54, 1.807) is 0 Å². The molecule has 1 unspecified atom stereocenters. The number of thioether (sulfide) groups is 1. The molecule has 3 nitrogen and oxygen atoms in total. The van der Waals surface area contributed by atoms with Gasteiger partial charge in [-0.05, 0) is 36.9 Å². The number of carbonyl (C=O) groups is 1. The summed E-state index contributed by atoms with van der Waals surface area (Å²) in [6.07, 6.45) is 7.57. The van der Waals surface area contributed by atoms with Gasteiger partial charge in [-0.15, -0.1) is 0 Å². The highest BCUT2D eigenvalue weighted by Crippen LogP contribution is 2.56. The summed E-state index contributed by atoms with van der Waals surface area (Å²) in [4.78, 5) is 14.7. The van der Waals surface area contributed by atoms with Crippen molar-refractivity contribution < 1.29 is 9.53 Å². The molecule has 1 saturated carbocycles. The highest BCUT2D eigenvalue weighted by atomic mass is 32.2. The second-order valence-corrected chi connectivity index (χ2v) is 8.77. The first-order valence-electron chi connectivity index (χ1n) is 9.11. The molecule has 1 aromatic carbocycles. The molecule has 1 aliphatic carbocycles. The summed E-state index contributed by atoms with van der Waals surface area (Å²) >= 11 is 2.06. The first-order chi connectivity index (χ1) is 11.8. The lowest BCUT2D eigenvalue weighted by atomic mass is 9.77. The van der Waals surface area contributed by atoms with Crippen molar-refractivity contribution in [1.82, 2.24) is 4.90 Å². The standard InChI is InChI=1S/C20H23NO2S/c22-19-11-15-10-17(24-13-14-6-2-1-3-7-14)16-12-20(15,23-19)18-8-4-5-9-21(16)18/h1-3,6-7,11,16-18H,4-5,8-10,12-13H2/t16-,17?,18+,20-/m0/s1. The maximum absolute atomic E-state index is 12.0. The van der Waals surface area contributed by atoms with Crippen molar-refractivity contribution in [2.24, 2.45) is 0 Å². The topological polar surface area (TPSA) is 29.5 Å². The van der Waals surface area contributed by atoms with E-state index in [0.717, 1.165) is 18.6 Å². The molecule has 1 aromatic rings. The Morgan fingerprint density at radius 1 is 1.25 bits per heavy atom. The molecule has 0 radical (unpaired) electrons. The molecule has 0 amide bonds. The van der Waals surface area contributed by atoms with Crippen LogP contribution in [0.1, 0.15) is 37.7 Å². The number of piperidine rings is 1. The Labute approximate surface area is 147 Å². The van der Waals surface area contributed by atoms with Crippen LogP contribution in [0, 0.1) is 0 Å². The summed E-state index contributed by atoms with van der Waals surface area (Å²) in [7, 11) is 0. The van der Waals surface area contributed by atoms with Crippen LogP contribution in [0.3, 0.4) is 0 Å². The van der Waals surface area contributed by atoms with Gasteiger partial charge in [-0.1, -0.05) is 36.8 Å². The van der Waals surface area contributed by atoms with Crippen molar-refractivity contribution >= 4 is 17.7 Å². The van der Waals surface area contributed by atoms with Gasteiger partial charge in [-0.2, -0.15) is 11.8 Å². The number of ether oxygens (including phenoxy) is 1. The Morgan fingerprint density at radius 2 is 2.12 bits per heavy atom. The molecule has 0 N–H and O–H groups in total. The molecule has 0 aromatic heterocycles.